The lowest BCUT2D eigenvalue weighted by Gasteiger charge is -2.45. The molecule has 0 bridgehead atoms. The van der Waals surface area contributed by atoms with Gasteiger partial charge >= 0.3 is 6.09 Å². The number of ether oxygens (including phenoxy) is 2. The Labute approximate surface area is 253 Å². The van der Waals surface area contributed by atoms with Crippen molar-refractivity contribution >= 4 is 44.8 Å². The first-order chi connectivity index (χ1) is 20.2. The number of fused-ring (bicyclic) bond motifs is 2. The molecule has 12 heteroatoms. The van der Waals surface area contributed by atoms with E-state index in [2.05, 4.69) is 55.3 Å². The van der Waals surface area contributed by atoms with Crippen molar-refractivity contribution in [2.24, 2.45) is 5.41 Å². The van der Waals surface area contributed by atoms with Crippen LogP contribution in [0.15, 0.2) is 28.9 Å². The van der Waals surface area contributed by atoms with Gasteiger partial charge in [0.15, 0.2) is 29.0 Å². The van der Waals surface area contributed by atoms with Gasteiger partial charge in [-0.05, 0) is 77.9 Å². The quantitative estimate of drug-likeness (QED) is 0.395. The number of morpholine rings is 1. The van der Waals surface area contributed by atoms with Crippen LogP contribution in [0.2, 0.25) is 0 Å². The van der Waals surface area contributed by atoms with E-state index in [1.165, 1.54) is 11.1 Å². The van der Waals surface area contributed by atoms with Crippen molar-refractivity contribution in [2.45, 2.75) is 63.6 Å². The van der Waals surface area contributed by atoms with Gasteiger partial charge in [-0.3, -0.25) is 0 Å². The molecule has 7 rings (SSSR count). The van der Waals surface area contributed by atoms with Gasteiger partial charge in [-0.2, -0.15) is 0 Å². The summed E-state index contributed by atoms with van der Waals surface area (Å²) < 4.78 is 14.0. The second kappa shape index (κ2) is 10.6. The van der Waals surface area contributed by atoms with Gasteiger partial charge in [0, 0.05) is 38.1 Å². The molecule has 224 valence electrons. The van der Waals surface area contributed by atoms with E-state index in [1.54, 1.807) is 0 Å². The van der Waals surface area contributed by atoms with Crippen molar-refractivity contribution in [3.63, 3.8) is 0 Å². The zero-order valence-electron chi connectivity index (χ0n) is 24.2. The Hall–Kier alpha value is -2.96. The Morgan fingerprint density at radius 3 is 2.50 bits per heavy atom. The summed E-state index contributed by atoms with van der Waals surface area (Å²) in [6.07, 6.45) is 3.58. The highest BCUT2D eigenvalue weighted by Crippen LogP contribution is 2.56. The van der Waals surface area contributed by atoms with Gasteiger partial charge in [-0.15, -0.1) is 5.10 Å². The number of benzene rings is 1. The standard InChI is InChI=1S/C30H38BrN7O4/c1-29(2,34-28(39)40)18-21-20-6-4-3-5-19(20)17-30(21)8-10-36(11-9-30)27-24(31)32-23-25(33-27)38(22-7-14-42-22)35-26(23)37-12-15-41-16-13-37/h3-6,21-22,34H,7-18H2,1-2H3,(H,39,40)/t21-,22?/m1/s1. The molecule has 42 heavy (non-hydrogen) atoms. The number of nitrogens with zero attached hydrogens (tertiary/aromatic N) is 6. The molecule has 2 aromatic heterocycles. The van der Waals surface area contributed by atoms with E-state index in [1.807, 2.05) is 18.5 Å². The van der Waals surface area contributed by atoms with E-state index in [-0.39, 0.29) is 17.6 Å². The van der Waals surface area contributed by atoms with E-state index in [0.29, 0.717) is 13.2 Å². The third-order valence-electron chi connectivity index (χ3n) is 9.64. The van der Waals surface area contributed by atoms with Crippen LogP contribution in [0.1, 0.15) is 62.8 Å². The first-order valence-corrected chi connectivity index (χ1v) is 15.8. The molecule has 2 atom stereocenters. The third kappa shape index (κ3) is 4.90. The van der Waals surface area contributed by atoms with Crippen LogP contribution in [-0.2, 0) is 15.9 Å². The van der Waals surface area contributed by atoms with Crippen molar-refractivity contribution in [3.8, 4) is 0 Å². The summed E-state index contributed by atoms with van der Waals surface area (Å²) in [6, 6.07) is 8.71. The molecular formula is C30H38BrN7O4. The molecule has 2 N–H and O–H groups in total. The Balaban J connectivity index is 1.17. The lowest BCUT2D eigenvalue weighted by atomic mass is 9.66. The average Bonchev–Trinajstić information content (AvgIpc) is 3.42. The fourth-order valence-electron chi connectivity index (χ4n) is 7.44. The lowest BCUT2D eigenvalue weighted by Crippen LogP contribution is -2.48. The van der Waals surface area contributed by atoms with Crippen molar-refractivity contribution in [3.05, 3.63) is 40.0 Å². The molecule has 3 saturated heterocycles. The number of carbonyl (C=O) groups is 1. The van der Waals surface area contributed by atoms with Crippen LogP contribution in [0, 0.1) is 5.41 Å². The van der Waals surface area contributed by atoms with Crippen LogP contribution < -0.4 is 15.1 Å². The van der Waals surface area contributed by atoms with Crippen LogP contribution in [0.4, 0.5) is 16.4 Å². The molecule has 4 aliphatic rings. The van der Waals surface area contributed by atoms with Gasteiger partial charge in [0.25, 0.3) is 0 Å². The highest BCUT2D eigenvalue weighted by molar-refractivity contribution is 9.10. The Morgan fingerprint density at radius 1 is 1.10 bits per heavy atom. The Morgan fingerprint density at radius 2 is 1.81 bits per heavy atom. The van der Waals surface area contributed by atoms with Crippen molar-refractivity contribution in [1.29, 1.82) is 0 Å². The number of hydrogen-bond donors (Lipinski definition) is 2. The molecule has 5 heterocycles. The average molecular weight is 641 g/mol. The summed E-state index contributed by atoms with van der Waals surface area (Å²) in [5, 5.41) is 17.2. The molecule has 3 aliphatic heterocycles. The minimum atomic E-state index is -0.975. The second-order valence-electron chi connectivity index (χ2n) is 12.8. The molecule has 0 radical (unpaired) electrons. The predicted octanol–water partition coefficient (Wildman–Crippen LogP) is 4.71. The summed E-state index contributed by atoms with van der Waals surface area (Å²) in [4.78, 5) is 26.3. The molecule has 0 saturated carbocycles. The molecule has 3 aromatic rings. The molecule has 1 spiro atoms. The molecule has 1 amide bonds. The highest BCUT2D eigenvalue weighted by atomic mass is 79.9. The summed E-state index contributed by atoms with van der Waals surface area (Å²) in [5.74, 6) is 1.96. The van der Waals surface area contributed by atoms with Crippen LogP contribution in [0.5, 0.6) is 0 Å². The number of aromatic nitrogens is 4. The van der Waals surface area contributed by atoms with E-state index < -0.39 is 11.6 Å². The number of rotatable bonds is 6. The minimum Gasteiger partial charge on any atom is -0.465 e. The van der Waals surface area contributed by atoms with Crippen LogP contribution in [-0.4, -0.2) is 82.5 Å². The van der Waals surface area contributed by atoms with Gasteiger partial charge in [0.1, 0.15) is 4.60 Å². The number of piperidine rings is 1. The fourth-order valence-corrected chi connectivity index (χ4v) is 7.96. The number of halogens is 1. The maximum absolute atomic E-state index is 11.6. The molecule has 1 aliphatic carbocycles. The van der Waals surface area contributed by atoms with E-state index in [9.17, 15) is 9.90 Å². The normalized spacial score (nSPS) is 23.7. The van der Waals surface area contributed by atoms with Gasteiger partial charge in [-0.25, -0.2) is 19.4 Å². The molecule has 1 unspecified atom stereocenters. The van der Waals surface area contributed by atoms with Crippen LogP contribution in [0.3, 0.4) is 0 Å². The zero-order chi connectivity index (χ0) is 29.1. The van der Waals surface area contributed by atoms with Gasteiger partial charge in [0.05, 0.1) is 19.8 Å². The van der Waals surface area contributed by atoms with E-state index >= 15 is 0 Å². The van der Waals surface area contributed by atoms with E-state index in [4.69, 9.17) is 24.5 Å². The van der Waals surface area contributed by atoms with Gasteiger partial charge in [-0.1, -0.05) is 24.3 Å². The van der Waals surface area contributed by atoms with Gasteiger partial charge in [0.2, 0.25) is 0 Å². The SMILES string of the molecule is CC(C)(C[C@@H]1c2ccccc2CC12CCN(c1nc3c(nc1Br)c(N1CCOCC1)nn3C1CCO1)CC2)NC(=O)O. The maximum atomic E-state index is 11.6. The van der Waals surface area contributed by atoms with Crippen molar-refractivity contribution < 1.29 is 19.4 Å². The Bertz CT molecular complexity index is 1490. The number of carboxylic acid groups (broad SMARTS) is 1. The van der Waals surface area contributed by atoms with Crippen LogP contribution >= 0.6 is 15.9 Å². The van der Waals surface area contributed by atoms with Crippen LogP contribution in [0.25, 0.3) is 11.2 Å². The largest absolute Gasteiger partial charge is 0.465 e. The molecular weight excluding hydrogens is 602 g/mol. The molecule has 3 fully saturated rings. The number of hydrogen-bond acceptors (Lipinski definition) is 8. The second-order valence-corrected chi connectivity index (χ2v) is 13.5. The lowest BCUT2D eigenvalue weighted by molar-refractivity contribution is -0.104. The Kier molecular flexibility index (Phi) is 7.05. The first-order valence-electron chi connectivity index (χ1n) is 15.0. The first kappa shape index (κ1) is 27.8. The summed E-state index contributed by atoms with van der Waals surface area (Å²) in [5.41, 5.74) is 3.85. The molecule has 11 nitrogen and oxygen atoms in total. The van der Waals surface area contributed by atoms with Crippen molar-refractivity contribution in [2.75, 3.05) is 55.8 Å². The zero-order valence-corrected chi connectivity index (χ0v) is 25.8. The summed E-state index contributed by atoms with van der Waals surface area (Å²) in [7, 11) is 0. The highest BCUT2D eigenvalue weighted by Gasteiger charge is 2.49. The van der Waals surface area contributed by atoms with E-state index in [0.717, 1.165) is 92.3 Å². The topological polar surface area (TPSA) is 118 Å². The number of nitrogens with one attached hydrogen (secondary N) is 1. The molecule has 1 aromatic carbocycles. The monoisotopic (exact) mass is 639 g/mol. The summed E-state index contributed by atoms with van der Waals surface area (Å²) >= 11 is 3.77. The number of anilines is 2. The fraction of sp³-hybridized carbons (Fsp3) is 0.600. The minimum absolute atomic E-state index is 0.0761. The smallest absolute Gasteiger partial charge is 0.405 e. The predicted molar refractivity (Wildman–Crippen MR) is 162 cm³/mol. The number of amides is 1. The third-order valence-corrected chi connectivity index (χ3v) is 10.2. The van der Waals surface area contributed by atoms with Crippen molar-refractivity contribution in [1.82, 2.24) is 25.1 Å². The summed E-state index contributed by atoms with van der Waals surface area (Å²) in [6.45, 7) is 9.30. The maximum Gasteiger partial charge on any atom is 0.405 e. The van der Waals surface area contributed by atoms with Gasteiger partial charge < -0.3 is 29.7 Å².